The van der Waals surface area contributed by atoms with Crippen LogP contribution in [-0.4, -0.2) is 110 Å². The Kier molecular flexibility index (Phi) is 15.0. The van der Waals surface area contributed by atoms with E-state index in [9.17, 15) is 59.4 Å². The number of likely N-dealkylation sites (N-methyl/N-ethyl adjacent to an activating group) is 1. The van der Waals surface area contributed by atoms with Crippen LogP contribution in [0.15, 0.2) is 150 Å². The number of benzene rings is 6. The van der Waals surface area contributed by atoms with Gasteiger partial charge in [-0.05, 0) is 170 Å². The fraction of sp³-hybridized carbons (Fsp3) is 0.312. The van der Waals surface area contributed by atoms with Crippen molar-refractivity contribution in [1.82, 2.24) is 4.90 Å². The number of carbonyl (C=O) groups excluding carboxylic acids is 5. The summed E-state index contributed by atoms with van der Waals surface area (Å²) in [6, 6.07) is 38.1. The van der Waals surface area contributed by atoms with Gasteiger partial charge in [0.25, 0.3) is 5.91 Å². The molecule has 4 bridgehead atoms. The Hall–Kier alpha value is -8.64. The predicted octanol–water partition coefficient (Wildman–Crippen LogP) is 8.79. The minimum absolute atomic E-state index is 0.0245. The normalized spacial score (nSPS) is 26.7. The lowest BCUT2D eigenvalue weighted by molar-refractivity contribution is -0.187. The minimum atomic E-state index is -2.89. The molecule has 0 aliphatic heterocycles. The minimum Gasteiger partial charge on any atom is -0.508 e. The number of aromatic carboxylic acids is 1. The van der Waals surface area contributed by atoms with E-state index >= 15 is 0 Å². The summed E-state index contributed by atoms with van der Waals surface area (Å²) >= 11 is 0. The number of amides is 1. The number of primary amides is 1. The highest BCUT2D eigenvalue weighted by Crippen LogP contribution is 2.62. The second-order valence-corrected chi connectivity index (χ2v) is 22.5. The molecule has 13 rings (SSSR count). The third kappa shape index (κ3) is 9.88. The fourth-order valence-electron chi connectivity index (χ4n) is 14.2. The molecule has 0 spiro atoms. The van der Waals surface area contributed by atoms with Gasteiger partial charge >= 0.3 is 17.9 Å². The van der Waals surface area contributed by atoms with Gasteiger partial charge in [0.05, 0.1) is 47.4 Å². The standard InChI is InChI=1S/C28H28O3.C22H24N2O8.C14H10O4/c1-31-26-7-6-23(21-2-3-22-12-24(27(29)30)5-4-20(22)11-21)13-25(26)28-14-17-8-18(15-28)10-19(9-17)16-28;1-7-8-5-4-6-9(25)11(8)16(26)12-10(7)17(27)14-15(24(2)3)18(28)13(21(23)31)20(30)22(14,32)19(12)29;15-13(11-7-3-1-4-8-11)17-18-14(16)12-9-5-2-6-10-12/h2-7,11-13,17-19H,8-10,14-16H2,1H3,(H,29,30);4-7,10,14-15,17,25-27,30,32H,1-3H3,(H2,23,31);1-10H/t;7-,10+,14+,15-,17-,22-;/m.0./s1. The highest BCUT2D eigenvalue weighted by Gasteiger charge is 2.68. The SMILES string of the molecule is COc1ccc(-c2ccc3cc(C(=O)O)ccc3c2)cc1C12CC3CC(CC(C3)C1)C2.C[C@H]1c2cccc(O)c2C(O)=C2C(=O)[C@]3(O)C(O)=C(C(N)=O)C(=O)[C@@H](N(C)C)[C@@H]3[C@@H](O)[C@@H]21.O=C(OOC(=O)c1ccccc1)c1ccccc1. The molecule has 6 atom stereocenters. The summed E-state index contributed by atoms with van der Waals surface area (Å²) in [6.45, 7) is 1.68. The molecule has 7 aliphatic carbocycles. The highest BCUT2D eigenvalue weighted by atomic mass is 17.2. The van der Waals surface area contributed by atoms with Gasteiger partial charge in [-0.15, -0.1) is 0 Å². The van der Waals surface area contributed by atoms with Crippen LogP contribution in [0.5, 0.6) is 11.5 Å². The van der Waals surface area contributed by atoms with Crippen molar-refractivity contribution in [3.05, 3.63) is 184 Å². The molecule has 17 nitrogen and oxygen atoms in total. The fourth-order valence-corrected chi connectivity index (χ4v) is 14.2. The van der Waals surface area contributed by atoms with Crippen molar-refractivity contribution in [2.45, 2.75) is 74.5 Å². The largest absolute Gasteiger partial charge is 0.508 e. The number of hydrogen-bond donors (Lipinski definition) is 7. The van der Waals surface area contributed by atoms with Crippen LogP contribution in [0.3, 0.4) is 0 Å². The Morgan fingerprint density at radius 1 is 0.679 bits per heavy atom. The van der Waals surface area contributed by atoms with Gasteiger partial charge < -0.3 is 41.1 Å². The van der Waals surface area contributed by atoms with Crippen LogP contribution in [0, 0.1) is 29.6 Å². The second-order valence-electron chi connectivity index (χ2n) is 22.5. The maximum absolute atomic E-state index is 13.7. The molecule has 0 unspecified atom stereocenters. The maximum atomic E-state index is 13.7. The molecule has 1 amide bonds. The number of carbonyl (C=O) groups is 6. The molecule has 418 valence electrons. The topological polar surface area (TPSA) is 281 Å². The number of carboxylic acid groups (broad SMARTS) is 1. The molecule has 0 radical (unpaired) electrons. The Morgan fingerprint density at radius 3 is 1.77 bits per heavy atom. The van der Waals surface area contributed by atoms with E-state index in [4.69, 9.17) is 10.5 Å². The maximum Gasteiger partial charge on any atom is 0.386 e. The van der Waals surface area contributed by atoms with Crippen LogP contribution < -0.4 is 10.5 Å². The van der Waals surface area contributed by atoms with Crippen molar-refractivity contribution in [3.8, 4) is 22.6 Å². The van der Waals surface area contributed by atoms with Crippen molar-refractivity contribution in [2.75, 3.05) is 21.2 Å². The number of Topliss-reactive ketones (excluding diaryl/α,β-unsaturated/α-hetero) is 2. The van der Waals surface area contributed by atoms with Crippen molar-refractivity contribution in [3.63, 3.8) is 0 Å². The van der Waals surface area contributed by atoms with Crippen LogP contribution in [-0.2, 0) is 29.6 Å². The molecule has 5 fully saturated rings. The first-order valence-corrected chi connectivity index (χ1v) is 26.8. The summed E-state index contributed by atoms with van der Waals surface area (Å²) < 4.78 is 5.88. The summed E-state index contributed by atoms with van der Waals surface area (Å²) in [4.78, 5) is 83.1. The zero-order valence-electron chi connectivity index (χ0n) is 44.9. The molecule has 6 aromatic rings. The van der Waals surface area contributed by atoms with E-state index in [1.54, 1.807) is 99.0 Å². The zero-order valence-corrected chi connectivity index (χ0v) is 44.9. The monoisotopic (exact) mass is 1100 g/mol. The third-order valence-electron chi connectivity index (χ3n) is 17.4. The van der Waals surface area contributed by atoms with Crippen LogP contribution in [0.25, 0.3) is 27.7 Å². The molecule has 81 heavy (non-hydrogen) atoms. The number of nitrogens with two attached hydrogens (primary N) is 1. The van der Waals surface area contributed by atoms with Gasteiger partial charge in [-0.25, -0.2) is 24.2 Å². The van der Waals surface area contributed by atoms with Gasteiger partial charge in [0.15, 0.2) is 11.4 Å². The lowest BCUT2D eigenvalue weighted by Gasteiger charge is -2.57. The lowest BCUT2D eigenvalue weighted by atomic mass is 9.48. The first-order chi connectivity index (χ1) is 38.7. The first-order valence-electron chi connectivity index (χ1n) is 26.8. The van der Waals surface area contributed by atoms with Gasteiger partial charge in [-0.1, -0.05) is 79.7 Å². The number of ketones is 2. The van der Waals surface area contributed by atoms with Gasteiger partial charge in [0.1, 0.15) is 28.6 Å². The molecule has 0 saturated heterocycles. The molecule has 6 aromatic carbocycles. The summed E-state index contributed by atoms with van der Waals surface area (Å²) in [5.41, 5.74) is 6.51. The number of ether oxygens (including phenoxy) is 1. The molecule has 17 heteroatoms. The van der Waals surface area contributed by atoms with E-state index in [1.165, 1.54) is 80.3 Å². The number of nitrogens with zero attached hydrogens (tertiary/aromatic N) is 1. The van der Waals surface area contributed by atoms with Crippen LogP contribution in [0.4, 0.5) is 0 Å². The number of phenols is 1. The van der Waals surface area contributed by atoms with E-state index in [0.717, 1.165) is 34.3 Å². The van der Waals surface area contributed by atoms with E-state index < -0.39 is 93.5 Å². The molecule has 5 saturated carbocycles. The number of carboxylic acids is 1. The van der Waals surface area contributed by atoms with Gasteiger partial charge in [-0.2, -0.15) is 0 Å². The van der Waals surface area contributed by atoms with Crippen LogP contribution in [0.1, 0.15) is 99.1 Å². The molecule has 0 heterocycles. The number of aliphatic hydroxyl groups excluding tert-OH is 3. The number of hydrogen-bond acceptors (Lipinski definition) is 15. The van der Waals surface area contributed by atoms with E-state index in [-0.39, 0.29) is 16.7 Å². The number of phenolic OH excluding ortho intramolecular Hbond substituents is 1. The number of methoxy groups -OCH3 is 1. The first kappa shape index (κ1) is 55.7. The number of fused-ring (bicyclic) bond motifs is 4. The third-order valence-corrected chi connectivity index (χ3v) is 17.4. The van der Waals surface area contributed by atoms with Crippen LogP contribution in [0.2, 0.25) is 0 Å². The predicted molar refractivity (Wildman–Crippen MR) is 297 cm³/mol. The molecule has 7 aliphatic rings. The lowest BCUT2D eigenvalue weighted by Crippen LogP contribution is -2.70. The van der Waals surface area contributed by atoms with Crippen molar-refractivity contribution >= 4 is 51.9 Å². The number of rotatable bonds is 8. The summed E-state index contributed by atoms with van der Waals surface area (Å²) in [7, 11) is 4.72. The molecule has 0 aromatic heterocycles. The average Bonchev–Trinajstić information content (AvgIpc) is 2.41. The summed E-state index contributed by atoms with van der Waals surface area (Å²) in [5, 5.41) is 66.2. The number of aliphatic hydroxyl groups is 4. The van der Waals surface area contributed by atoms with Crippen molar-refractivity contribution < 1.29 is 73.9 Å². The van der Waals surface area contributed by atoms with E-state index in [0.29, 0.717) is 22.3 Å². The second kappa shape index (κ2) is 21.8. The summed E-state index contributed by atoms with van der Waals surface area (Å²) in [6.07, 6.45) is 6.66. The highest BCUT2D eigenvalue weighted by molar-refractivity contribution is 6.24. The molecular weight excluding hydrogens is 1040 g/mol. The van der Waals surface area contributed by atoms with Gasteiger partial charge in [0.2, 0.25) is 5.78 Å². The number of aromatic hydroxyl groups is 1. The Morgan fingerprint density at radius 2 is 1.22 bits per heavy atom. The van der Waals surface area contributed by atoms with E-state index in [2.05, 4.69) is 40.1 Å². The summed E-state index contributed by atoms with van der Waals surface area (Å²) in [5.74, 6) is -7.45. The van der Waals surface area contributed by atoms with Gasteiger partial charge in [0, 0.05) is 17.1 Å². The van der Waals surface area contributed by atoms with Gasteiger partial charge in [-0.3, -0.25) is 19.3 Å². The van der Waals surface area contributed by atoms with Crippen molar-refractivity contribution in [2.24, 2.45) is 35.3 Å². The van der Waals surface area contributed by atoms with Crippen LogP contribution >= 0.6 is 0 Å². The Labute approximate surface area is 466 Å². The zero-order chi connectivity index (χ0) is 57.8. The van der Waals surface area contributed by atoms with Crippen molar-refractivity contribution in [1.29, 1.82) is 0 Å². The quantitative estimate of drug-likeness (QED) is 0.0426. The Bertz CT molecular complexity index is 3500. The smallest absolute Gasteiger partial charge is 0.386 e. The molecule has 8 N–H and O–H groups in total. The van der Waals surface area contributed by atoms with E-state index in [1.807, 2.05) is 12.1 Å². The Balaban J connectivity index is 0.000000142. The average molecular weight is 1100 g/mol. The molecular formula is C64H62N2O15.